The summed E-state index contributed by atoms with van der Waals surface area (Å²) in [6, 6.07) is 22.9. The molecule has 0 aliphatic heterocycles. The van der Waals surface area contributed by atoms with Crippen LogP contribution in [-0.4, -0.2) is 5.11 Å². The third kappa shape index (κ3) is 2.69. The van der Waals surface area contributed by atoms with Gasteiger partial charge >= 0.3 is 0 Å². The van der Waals surface area contributed by atoms with Gasteiger partial charge in [0.2, 0.25) is 0 Å². The molecule has 0 aromatic heterocycles. The zero-order valence-corrected chi connectivity index (χ0v) is 12.5. The number of aliphatic hydroxyl groups is 1. The molecular formula is C19H14ClNO. The van der Waals surface area contributed by atoms with Gasteiger partial charge in [-0.25, -0.2) is 0 Å². The molecule has 22 heavy (non-hydrogen) atoms. The van der Waals surface area contributed by atoms with E-state index in [1.807, 2.05) is 42.5 Å². The lowest BCUT2D eigenvalue weighted by Crippen LogP contribution is -2.09. The number of benzene rings is 3. The molecule has 0 fully saturated rings. The van der Waals surface area contributed by atoms with Crippen LogP contribution in [0.5, 0.6) is 0 Å². The standard InChI is InChI=1S/C19H14ClNO/c20-15-10-8-14(9-11-15)19(22)18(12-21)17-7-3-5-13-4-1-2-6-16(13)17/h1-11,18-19,22H/t18-,19+/m1/s1. The van der Waals surface area contributed by atoms with Gasteiger partial charge in [-0.15, -0.1) is 0 Å². The molecule has 0 unspecified atom stereocenters. The number of nitrogens with zero attached hydrogens (tertiary/aromatic N) is 1. The Morgan fingerprint density at radius 1 is 0.909 bits per heavy atom. The van der Waals surface area contributed by atoms with Crippen molar-refractivity contribution in [3.05, 3.63) is 82.9 Å². The van der Waals surface area contributed by atoms with Crippen molar-refractivity contribution < 1.29 is 5.11 Å². The maximum atomic E-state index is 10.6. The highest BCUT2D eigenvalue weighted by atomic mass is 35.5. The number of halogens is 1. The molecule has 0 heterocycles. The van der Waals surface area contributed by atoms with Gasteiger partial charge in [-0.1, -0.05) is 66.2 Å². The van der Waals surface area contributed by atoms with E-state index in [0.29, 0.717) is 10.6 Å². The number of nitriles is 1. The highest BCUT2D eigenvalue weighted by molar-refractivity contribution is 6.30. The van der Waals surface area contributed by atoms with Gasteiger partial charge in [-0.3, -0.25) is 0 Å². The van der Waals surface area contributed by atoms with E-state index >= 15 is 0 Å². The van der Waals surface area contributed by atoms with Crippen molar-refractivity contribution in [3.8, 4) is 6.07 Å². The number of aliphatic hydroxyl groups excluding tert-OH is 1. The van der Waals surface area contributed by atoms with Gasteiger partial charge in [-0.2, -0.15) is 5.26 Å². The molecular weight excluding hydrogens is 294 g/mol. The molecule has 0 amide bonds. The summed E-state index contributed by atoms with van der Waals surface area (Å²) in [5, 5.41) is 22.9. The molecule has 0 spiro atoms. The lowest BCUT2D eigenvalue weighted by Gasteiger charge is -2.19. The maximum absolute atomic E-state index is 10.6. The lowest BCUT2D eigenvalue weighted by molar-refractivity contribution is 0.164. The molecule has 3 heteroatoms. The van der Waals surface area contributed by atoms with Crippen LogP contribution >= 0.6 is 11.6 Å². The topological polar surface area (TPSA) is 44.0 Å². The minimum Gasteiger partial charge on any atom is -0.387 e. The molecule has 2 atom stereocenters. The molecule has 0 saturated heterocycles. The van der Waals surface area contributed by atoms with Crippen LogP contribution in [0.4, 0.5) is 0 Å². The number of hydrogen-bond acceptors (Lipinski definition) is 2. The fraction of sp³-hybridized carbons (Fsp3) is 0.105. The third-order valence-electron chi connectivity index (χ3n) is 3.82. The molecule has 3 aromatic carbocycles. The van der Waals surface area contributed by atoms with Gasteiger partial charge in [0.15, 0.2) is 0 Å². The minimum absolute atomic E-state index is 0.606. The Hall–Kier alpha value is -2.34. The summed E-state index contributed by atoms with van der Waals surface area (Å²) < 4.78 is 0. The van der Waals surface area contributed by atoms with Crippen molar-refractivity contribution >= 4 is 22.4 Å². The molecule has 0 aliphatic rings. The van der Waals surface area contributed by atoms with Gasteiger partial charge in [-0.05, 0) is 34.0 Å². The fourth-order valence-corrected chi connectivity index (χ4v) is 2.81. The van der Waals surface area contributed by atoms with Crippen LogP contribution in [0.3, 0.4) is 0 Å². The van der Waals surface area contributed by atoms with Crippen molar-refractivity contribution in [2.75, 3.05) is 0 Å². The van der Waals surface area contributed by atoms with Crippen molar-refractivity contribution in [2.45, 2.75) is 12.0 Å². The van der Waals surface area contributed by atoms with Crippen LogP contribution in [0.15, 0.2) is 66.7 Å². The van der Waals surface area contributed by atoms with E-state index in [1.54, 1.807) is 24.3 Å². The van der Waals surface area contributed by atoms with Gasteiger partial charge in [0.25, 0.3) is 0 Å². The summed E-state index contributed by atoms with van der Waals surface area (Å²) in [6.45, 7) is 0. The van der Waals surface area contributed by atoms with Gasteiger partial charge in [0.05, 0.1) is 12.2 Å². The maximum Gasteiger partial charge on any atom is 0.102 e. The predicted octanol–water partition coefficient (Wildman–Crippen LogP) is 4.83. The van der Waals surface area contributed by atoms with Gasteiger partial charge in [0.1, 0.15) is 5.92 Å². The SMILES string of the molecule is N#C[C@H](c1cccc2ccccc12)[C@@H](O)c1ccc(Cl)cc1. The van der Waals surface area contributed by atoms with Crippen LogP contribution in [-0.2, 0) is 0 Å². The Balaban J connectivity index is 2.07. The minimum atomic E-state index is -0.895. The van der Waals surface area contributed by atoms with Crippen LogP contribution in [0, 0.1) is 11.3 Å². The fourth-order valence-electron chi connectivity index (χ4n) is 2.68. The highest BCUT2D eigenvalue weighted by Crippen LogP contribution is 2.34. The molecule has 1 N–H and O–H groups in total. The Bertz CT molecular complexity index is 831. The Labute approximate surface area is 134 Å². The second kappa shape index (κ2) is 6.19. The summed E-state index contributed by atoms with van der Waals surface area (Å²) in [5.74, 6) is -0.632. The average Bonchev–Trinajstić information content (AvgIpc) is 2.56. The van der Waals surface area contributed by atoms with Crippen LogP contribution < -0.4 is 0 Å². The van der Waals surface area contributed by atoms with E-state index in [0.717, 1.165) is 16.3 Å². The van der Waals surface area contributed by atoms with E-state index in [9.17, 15) is 10.4 Å². The highest BCUT2D eigenvalue weighted by Gasteiger charge is 2.24. The second-order valence-corrected chi connectivity index (χ2v) is 5.61. The molecule has 0 saturated carbocycles. The Kier molecular flexibility index (Phi) is 4.11. The molecule has 0 radical (unpaired) electrons. The predicted molar refractivity (Wildman–Crippen MR) is 88.7 cm³/mol. The first kappa shape index (κ1) is 14.6. The van der Waals surface area contributed by atoms with E-state index in [1.165, 1.54) is 0 Å². The number of hydrogen-bond donors (Lipinski definition) is 1. The van der Waals surface area contributed by atoms with E-state index < -0.39 is 12.0 Å². The smallest absolute Gasteiger partial charge is 0.102 e. The molecule has 108 valence electrons. The van der Waals surface area contributed by atoms with E-state index in [2.05, 4.69) is 6.07 Å². The largest absolute Gasteiger partial charge is 0.387 e. The molecule has 3 rings (SSSR count). The molecule has 0 aliphatic carbocycles. The first-order chi connectivity index (χ1) is 10.7. The summed E-state index contributed by atoms with van der Waals surface area (Å²) in [7, 11) is 0. The van der Waals surface area contributed by atoms with Crippen molar-refractivity contribution in [1.29, 1.82) is 5.26 Å². The molecule has 3 aromatic rings. The van der Waals surface area contributed by atoms with Crippen molar-refractivity contribution in [3.63, 3.8) is 0 Å². The normalized spacial score (nSPS) is 13.5. The zero-order chi connectivity index (χ0) is 15.5. The zero-order valence-electron chi connectivity index (χ0n) is 11.8. The summed E-state index contributed by atoms with van der Waals surface area (Å²) in [5.41, 5.74) is 1.52. The summed E-state index contributed by atoms with van der Waals surface area (Å²) in [4.78, 5) is 0. The monoisotopic (exact) mass is 307 g/mol. The number of rotatable bonds is 3. The molecule has 0 bridgehead atoms. The van der Waals surface area contributed by atoms with Crippen LogP contribution in [0.2, 0.25) is 5.02 Å². The third-order valence-corrected chi connectivity index (χ3v) is 4.08. The average molecular weight is 308 g/mol. The van der Waals surface area contributed by atoms with E-state index in [-0.39, 0.29) is 0 Å². The summed E-state index contributed by atoms with van der Waals surface area (Å²) in [6.07, 6.45) is -0.895. The van der Waals surface area contributed by atoms with Crippen molar-refractivity contribution in [2.24, 2.45) is 0 Å². The second-order valence-electron chi connectivity index (χ2n) is 5.17. The molecule has 2 nitrogen and oxygen atoms in total. The van der Waals surface area contributed by atoms with Gasteiger partial charge < -0.3 is 5.11 Å². The van der Waals surface area contributed by atoms with Gasteiger partial charge in [0, 0.05) is 5.02 Å². The summed E-state index contributed by atoms with van der Waals surface area (Å²) >= 11 is 5.88. The number of fused-ring (bicyclic) bond motifs is 1. The quantitative estimate of drug-likeness (QED) is 0.753. The Morgan fingerprint density at radius 2 is 1.59 bits per heavy atom. The first-order valence-corrected chi connectivity index (χ1v) is 7.39. The Morgan fingerprint density at radius 3 is 2.32 bits per heavy atom. The van der Waals surface area contributed by atoms with Crippen molar-refractivity contribution in [1.82, 2.24) is 0 Å². The van der Waals surface area contributed by atoms with Crippen LogP contribution in [0.25, 0.3) is 10.8 Å². The lowest BCUT2D eigenvalue weighted by atomic mass is 9.87. The van der Waals surface area contributed by atoms with E-state index in [4.69, 9.17) is 11.6 Å². The van der Waals surface area contributed by atoms with Crippen LogP contribution in [0.1, 0.15) is 23.1 Å². The first-order valence-electron chi connectivity index (χ1n) is 7.01.